The Hall–Kier alpha value is -1.99. The zero-order valence-electron chi connectivity index (χ0n) is 11.6. The van der Waals surface area contributed by atoms with Gasteiger partial charge in [0.25, 0.3) is 5.91 Å². The lowest BCUT2D eigenvalue weighted by Gasteiger charge is -2.04. The molecule has 0 aliphatic carbocycles. The predicted molar refractivity (Wildman–Crippen MR) is 74.1 cm³/mol. The van der Waals surface area contributed by atoms with E-state index in [2.05, 4.69) is 5.32 Å². The molecule has 2 aromatic rings. The molecule has 0 aliphatic heterocycles. The highest BCUT2D eigenvalue weighted by Gasteiger charge is 2.09. The number of carbonyl (C=O) groups excluding carboxylic acids is 2. The summed E-state index contributed by atoms with van der Waals surface area (Å²) in [7, 11) is 1.89. The molecule has 0 fully saturated rings. The van der Waals surface area contributed by atoms with Gasteiger partial charge in [0, 0.05) is 11.3 Å². The van der Waals surface area contributed by atoms with E-state index in [1.807, 2.05) is 30.3 Å². The van der Waals surface area contributed by atoms with Gasteiger partial charge in [-0.25, -0.2) is 9.13 Å². The Balaban J connectivity index is 0.00000220. The number of imidazole rings is 1. The second-order valence-corrected chi connectivity index (χ2v) is 4.50. The van der Waals surface area contributed by atoms with E-state index in [1.165, 1.54) is 0 Å². The van der Waals surface area contributed by atoms with Gasteiger partial charge >= 0.3 is 0 Å². The van der Waals surface area contributed by atoms with Crippen molar-refractivity contribution in [2.24, 2.45) is 12.8 Å². The van der Waals surface area contributed by atoms with E-state index in [-0.39, 0.29) is 41.8 Å². The van der Waals surface area contributed by atoms with E-state index < -0.39 is 0 Å². The van der Waals surface area contributed by atoms with Crippen LogP contribution in [0.3, 0.4) is 0 Å². The maximum Gasteiger partial charge on any atom is 0.266 e. The lowest BCUT2D eigenvalue weighted by atomic mass is 10.1. The minimum absolute atomic E-state index is 0. The van der Waals surface area contributed by atoms with Crippen LogP contribution < -0.4 is 32.6 Å². The fraction of sp³-hybridized carbons (Fsp3) is 0.214. The van der Waals surface area contributed by atoms with Crippen LogP contribution in [0.1, 0.15) is 10.4 Å². The number of hydrogen-bond acceptors (Lipinski definition) is 3. The van der Waals surface area contributed by atoms with E-state index in [0.29, 0.717) is 11.3 Å². The van der Waals surface area contributed by atoms with E-state index in [1.54, 1.807) is 28.8 Å². The van der Waals surface area contributed by atoms with Gasteiger partial charge in [-0.2, -0.15) is 0 Å². The molecular weight excluding hydrogens is 336 g/mol. The molecule has 2 rings (SSSR count). The Morgan fingerprint density at radius 1 is 1.29 bits per heavy atom. The van der Waals surface area contributed by atoms with Gasteiger partial charge in [0.2, 0.25) is 6.33 Å². The Labute approximate surface area is 133 Å². The van der Waals surface area contributed by atoms with E-state index in [0.717, 1.165) is 0 Å². The van der Waals surface area contributed by atoms with Crippen LogP contribution in [0.5, 0.6) is 0 Å². The first kappa shape index (κ1) is 17.1. The third-order valence-corrected chi connectivity index (χ3v) is 2.83. The van der Waals surface area contributed by atoms with Crippen LogP contribution >= 0.6 is 0 Å². The molecule has 112 valence electrons. The smallest absolute Gasteiger partial charge is 0.266 e. The third kappa shape index (κ3) is 4.80. The number of halogens is 1. The Bertz CT molecular complexity index is 622. The lowest BCUT2D eigenvalue weighted by molar-refractivity contribution is -0.671. The number of hydrogen-bond donors (Lipinski definition) is 2. The van der Waals surface area contributed by atoms with E-state index >= 15 is 0 Å². The van der Waals surface area contributed by atoms with Crippen LogP contribution in [0, 0.1) is 0 Å². The number of aromatic nitrogens is 2. The molecule has 1 amide bonds. The maximum absolute atomic E-state index is 11.8. The first-order valence-electron chi connectivity index (χ1n) is 6.22. The number of nitrogens with two attached hydrogens (primary N) is 1. The number of carbonyl (C=O) groups is 2. The standard InChI is InChI=1S/C14H16N4O2.BrH/c1-17-6-7-18(10-17)9-14(20)16-12-4-2-11(3-5-12)13(19)8-15;/h2-7,10H,8-9,15H2,1H3;1H. The zero-order chi connectivity index (χ0) is 14.5. The van der Waals surface area contributed by atoms with Gasteiger partial charge in [-0.1, -0.05) is 0 Å². The molecule has 1 aromatic heterocycles. The van der Waals surface area contributed by atoms with Gasteiger partial charge in [0.1, 0.15) is 12.4 Å². The SMILES string of the molecule is C[n+]1ccn(CC(=O)Nc2ccc(C(=O)CN)cc2)c1.[Br-]. The number of rotatable bonds is 5. The molecule has 0 saturated carbocycles. The first-order valence-corrected chi connectivity index (χ1v) is 6.22. The number of nitrogens with one attached hydrogen (secondary N) is 1. The molecule has 0 unspecified atom stereocenters. The highest BCUT2D eigenvalue weighted by atomic mass is 79.9. The van der Waals surface area contributed by atoms with Crippen molar-refractivity contribution in [1.29, 1.82) is 0 Å². The van der Waals surface area contributed by atoms with Gasteiger partial charge in [0.15, 0.2) is 12.3 Å². The number of benzene rings is 1. The molecule has 0 bridgehead atoms. The maximum atomic E-state index is 11.8. The number of anilines is 1. The lowest BCUT2D eigenvalue weighted by Crippen LogP contribution is -3.00. The van der Waals surface area contributed by atoms with Crippen LogP contribution in [0.4, 0.5) is 5.69 Å². The van der Waals surface area contributed by atoms with E-state index in [9.17, 15) is 9.59 Å². The van der Waals surface area contributed by atoms with Crippen LogP contribution in [0.15, 0.2) is 43.0 Å². The number of ketones is 1. The van der Waals surface area contributed by atoms with Crippen LogP contribution in [0.25, 0.3) is 0 Å². The van der Waals surface area contributed by atoms with E-state index in [4.69, 9.17) is 5.73 Å². The summed E-state index contributed by atoms with van der Waals surface area (Å²) < 4.78 is 3.64. The van der Waals surface area contributed by atoms with Crippen molar-refractivity contribution in [1.82, 2.24) is 4.57 Å². The molecule has 0 aliphatic rings. The summed E-state index contributed by atoms with van der Waals surface area (Å²) in [5.41, 5.74) is 6.48. The largest absolute Gasteiger partial charge is 1.00 e. The van der Waals surface area contributed by atoms with Crippen molar-refractivity contribution >= 4 is 17.4 Å². The molecule has 1 aromatic carbocycles. The first-order chi connectivity index (χ1) is 9.58. The highest BCUT2D eigenvalue weighted by Crippen LogP contribution is 2.10. The minimum Gasteiger partial charge on any atom is -1.00 e. The summed E-state index contributed by atoms with van der Waals surface area (Å²) in [5, 5.41) is 2.77. The topological polar surface area (TPSA) is 81.0 Å². The molecule has 1 heterocycles. The van der Waals surface area contributed by atoms with Crippen LogP contribution in [-0.4, -0.2) is 22.8 Å². The minimum atomic E-state index is -0.126. The van der Waals surface area contributed by atoms with Crippen molar-refractivity contribution in [2.45, 2.75) is 6.54 Å². The normalized spacial score (nSPS) is 9.81. The number of aryl methyl sites for hydroxylation is 1. The molecule has 0 saturated heterocycles. The van der Waals surface area contributed by atoms with Crippen molar-refractivity contribution in [3.05, 3.63) is 48.5 Å². The van der Waals surface area contributed by atoms with Crippen molar-refractivity contribution in [3.63, 3.8) is 0 Å². The Morgan fingerprint density at radius 2 is 1.95 bits per heavy atom. The summed E-state index contributed by atoms with van der Waals surface area (Å²) in [5.74, 6) is -0.248. The molecular formula is C14H17BrN4O2. The molecule has 0 atom stereocenters. The molecule has 0 spiro atoms. The number of amides is 1. The Morgan fingerprint density at radius 3 is 2.48 bits per heavy atom. The van der Waals surface area contributed by atoms with Crippen molar-refractivity contribution < 1.29 is 31.1 Å². The molecule has 6 nitrogen and oxygen atoms in total. The monoisotopic (exact) mass is 352 g/mol. The Kier molecular flexibility index (Phi) is 6.26. The zero-order valence-corrected chi connectivity index (χ0v) is 13.2. The number of Topliss-reactive ketones (excluding diaryl/α,β-unsaturated/α-hetero) is 1. The highest BCUT2D eigenvalue weighted by molar-refractivity contribution is 5.98. The van der Waals surface area contributed by atoms with Gasteiger partial charge in [-0.05, 0) is 24.3 Å². The average molecular weight is 353 g/mol. The van der Waals surface area contributed by atoms with Crippen molar-refractivity contribution in [3.8, 4) is 0 Å². The second kappa shape index (κ2) is 7.70. The summed E-state index contributed by atoms with van der Waals surface area (Å²) >= 11 is 0. The summed E-state index contributed by atoms with van der Waals surface area (Å²) in [6.07, 6.45) is 5.51. The number of nitrogens with zero attached hydrogens (tertiary/aromatic N) is 2. The van der Waals surface area contributed by atoms with Crippen LogP contribution in [-0.2, 0) is 18.4 Å². The van der Waals surface area contributed by atoms with Crippen LogP contribution in [0.2, 0.25) is 0 Å². The fourth-order valence-corrected chi connectivity index (χ4v) is 1.82. The third-order valence-electron chi connectivity index (χ3n) is 2.83. The van der Waals surface area contributed by atoms with Gasteiger partial charge < -0.3 is 28.0 Å². The summed E-state index contributed by atoms with van der Waals surface area (Å²) in [4.78, 5) is 23.2. The molecule has 0 radical (unpaired) electrons. The van der Waals surface area contributed by atoms with Gasteiger partial charge in [-0.15, -0.1) is 0 Å². The fourth-order valence-electron chi connectivity index (χ4n) is 1.82. The quantitative estimate of drug-likeness (QED) is 0.447. The molecule has 21 heavy (non-hydrogen) atoms. The summed E-state index contributed by atoms with van der Waals surface area (Å²) in [6.45, 7) is 0.223. The van der Waals surface area contributed by atoms with Crippen molar-refractivity contribution in [2.75, 3.05) is 11.9 Å². The summed E-state index contributed by atoms with van der Waals surface area (Å²) in [6, 6.07) is 6.69. The second-order valence-electron chi connectivity index (χ2n) is 4.50. The van der Waals surface area contributed by atoms with Gasteiger partial charge in [0.05, 0.1) is 13.6 Å². The predicted octanol–water partition coefficient (Wildman–Crippen LogP) is -2.90. The van der Waals surface area contributed by atoms with Gasteiger partial charge in [-0.3, -0.25) is 9.59 Å². The molecule has 3 N–H and O–H groups in total. The average Bonchev–Trinajstić information content (AvgIpc) is 2.84. The molecule has 7 heteroatoms.